The lowest BCUT2D eigenvalue weighted by Gasteiger charge is -2.60. The first-order valence-electron chi connectivity index (χ1n) is 36.2. The first-order valence-corrected chi connectivity index (χ1v) is 39.0. The van der Waals surface area contributed by atoms with E-state index in [4.69, 9.17) is 24.1 Å². The number of esters is 5. The van der Waals surface area contributed by atoms with Crippen molar-refractivity contribution in [1.29, 1.82) is 0 Å². The van der Waals surface area contributed by atoms with Crippen LogP contribution in [0.5, 0.6) is 5.75 Å². The Balaban J connectivity index is 0.000000237. The van der Waals surface area contributed by atoms with Gasteiger partial charge in [-0.25, -0.2) is 8.42 Å². The number of ether oxygens (including phenoxy) is 5. The molecule has 1 N–H and O–H groups in total. The summed E-state index contributed by atoms with van der Waals surface area (Å²) in [5.41, 5.74) is -5.09. The number of phenols is 1. The molecular formula is C82H115F3O14S2. The summed E-state index contributed by atoms with van der Waals surface area (Å²) in [6, 6.07) is 35.8. The molecule has 0 amide bonds. The molecule has 1 heterocycles. The molecule has 1 aromatic heterocycles. The van der Waals surface area contributed by atoms with E-state index in [9.17, 15) is 50.1 Å². The molecule has 560 valence electrons. The molecule has 6 unspecified atom stereocenters. The highest BCUT2D eigenvalue weighted by Crippen LogP contribution is 2.64. The number of hydrogen-bond acceptors (Lipinski definition) is 14. The fraction of sp³-hybridized carbons (Fsp3) is 0.622. The maximum absolute atomic E-state index is 13.3. The summed E-state index contributed by atoms with van der Waals surface area (Å²) >= 11 is 0. The molecule has 19 heteroatoms. The second kappa shape index (κ2) is 34.4. The molecule has 10 rings (SSSR count). The second-order valence-corrected chi connectivity index (χ2v) is 35.1. The zero-order chi connectivity index (χ0) is 76.0. The lowest BCUT2D eigenvalue weighted by Crippen LogP contribution is -2.61. The van der Waals surface area contributed by atoms with Gasteiger partial charge in [-0.05, 0) is 251 Å². The average Bonchev–Trinajstić information content (AvgIpc) is 1.23. The number of carbonyl (C=O) groups excluding carboxylic acids is 5. The van der Waals surface area contributed by atoms with Crippen LogP contribution in [-0.4, -0.2) is 88.4 Å². The van der Waals surface area contributed by atoms with Crippen molar-refractivity contribution in [3.05, 3.63) is 109 Å². The van der Waals surface area contributed by atoms with E-state index in [0.29, 0.717) is 69.5 Å². The number of thiophene rings is 1. The van der Waals surface area contributed by atoms with Crippen molar-refractivity contribution in [3.8, 4) is 22.5 Å². The Bertz CT molecular complexity index is 3660. The lowest BCUT2D eigenvalue weighted by molar-refractivity contribution is -0.239. The van der Waals surface area contributed by atoms with Crippen LogP contribution in [0.3, 0.4) is 0 Å². The van der Waals surface area contributed by atoms with Crippen molar-refractivity contribution in [2.24, 2.45) is 38.9 Å². The van der Waals surface area contributed by atoms with Gasteiger partial charge in [-0.2, -0.15) is 13.2 Å². The van der Waals surface area contributed by atoms with Gasteiger partial charge in [-0.3, -0.25) is 24.0 Å². The summed E-state index contributed by atoms with van der Waals surface area (Å²) in [5.74, 6) is 3.07. The quantitative estimate of drug-likeness (QED) is 0.0238. The van der Waals surface area contributed by atoms with Gasteiger partial charge in [0.05, 0.1) is 42.9 Å². The first kappa shape index (κ1) is 85.2. The Morgan fingerprint density at radius 3 is 1.39 bits per heavy atom. The molecule has 4 bridgehead atoms. The standard InChI is InChI=1S/C22H38O4.C20H29F3O7S.C18H13S.C12H22O2.C10H14O/c1-11-19(5,6)17(23)25-21(9,13-3)15-16-22(10,14-4)26-18(24)20(7,8)12-2;1-4-17(2,3)15(24)30-19-8-12-5-13(9-19)7-18(6-12,11-19)16(25)29-14(20(21,22)23)10-31(26,27)28;1-2-8-14(9-3-1)19-17-12-6-4-10-15(17)16-11-5-7-13-18(16)19;1-5-11(2,3)10(13)14-12(4)8-6-7-9-12;1-3-8(2)9-4-6-10(11)7-5-9/h11-14H2,1-10H3;12-14H,4-11H2,1-3H3,(H,26,27,28);1-13H;5-9H2,1-4H3;4-8,11H,3H2,1-2H3/q;;+1;;/p-1. The van der Waals surface area contributed by atoms with E-state index in [2.05, 4.69) is 116 Å². The third kappa shape index (κ3) is 23.0. The van der Waals surface area contributed by atoms with Gasteiger partial charge in [0.1, 0.15) is 17.0 Å². The highest BCUT2D eigenvalue weighted by atomic mass is 32.2. The summed E-state index contributed by atoms with van der Waals surface area (Å²) in [7, 11) is -5.21. The van der Waals surface area contributed by atoms with Crippen LogP contribution in [0.4, 0.5) is 13.2 Å². The van der Waals surface area contributed by atoms with Gasteiger partial charge in [-0.1, -0.05) is 122 Å². The molecule has 5 aliphatic carbocycles. The van der Waals surface area contributed by atoms with E-state index in [1.54, 1.807) is 39.8 Å². The Labute approximate surface area is 603 Å². The van der Waals surface area contributed by atoms with Crippen molar-refractivity contribution in [2.75, 3.05) is 5.75 Å². The van der Waals surface area contributed by atoms with E-state index in [1.165, 1.54) is 43.5 Å². The van der Waals surface area contributed by atoms with Gasteiger partial charge in [0, 0.05) is 27.7 Å². The van der Waals surface area contributed by atoms with E-state index in [-0.39, 0.29) is 57.7 Å². The number of hydrogen-bond donors (Lipinski definition) is 1. The summed E-state index contributed by atoms with van der Waals surface area (Å²) < 4.78 is 103. The van der Waals surface area contributed by atoms with Crippen LogP contribution >= 0.6 is 10.5 Å². The third-order valence-corrected chi connectivity index (χ3v) is 24.6. The zero-order valence-corrected chi connectivity index (χ0v) is 65.2. The van der Waals surface area contributed by atoms with Crippen molar-refractivity contribution in [3.63, 3.8) is 0 Å². The smallest absolute Gasteiger partial charge is 0.426 e. The Hall–Kier alpha value is -6.49. The molecule has 6 atom stereocenters. The second-order valence-electron chi connectivity index (χ2n) is 31.7. The maximum atomic E-state index is 13.3. The van der Waals surface area contributed by atoms with Crippen LogP contribution in [0, 0.1) is 50.8 Å². The van der Waals surface area contributed by atoms with Crippen molar-refractivity contribution in [1.82, 2.24) is 0 Å². The highest BCUT2D eigenvalue weighted by Gasteiger charge is 2.64. The molecular weight excluding hydrogens is 1330 g/mol. The summed E-state index contributed by atoms with van der Waals surface area (Å²) in [5, 5.41) is 11.8. The van der Waals surface area contributed by atoms with Gasteiger partial charge < -0.3 is 33.3 Å². The van der Waals surface area contributed by atoms with E-state index in [0.717, 1.165) is 32.1 Å². The fourth-order valence-electron chi connectivity index (χ4n) is 12.7. The molecule has 0 aliphatic heterocycles. The van der Waals surface area contributed by atoms with Crippen LogP contribution in [0.25, 0.3) is 25.1 Å². The van der Waals surface area contributed by atoms with Gasteiger partial charge in [0.15, 0.2) is 25.5 Å². The van der Waals surface area contributed by atoms with Crippen LogP contribution in [0.15, 0.2) is 103 Å². The molecule has 5 fully saturated rings. The van der Waals surface area contributed by atoms with Crippen LogP contribution in [-0.2, 0) is 57.8 Å². The Kier molecular flexibility index (Phi) is 29.0. The van der Waals surface area contributed by atoms with Crippen molar-refractivity contribution >= 4 is 70.6 Å². The number of phenolic OH excluding ortho intramolecular Hbond substituents is 1. The largest absolute Gasteiger partial charge is 0.748 e. The minimum atomic E-state index is -5.27. The lowest BCUT2D eigenvalue weighted by atomic mass is 9.48. The van der Waals surface area contributed by atoms with Gasteiger partial charge in [0.25, 0.3) is 0 Å². The number of benzene rings is 4. The molecule has 5 saturated carbocycles. The zero-order valence-electron chi connectivity index (χ0n) is 63.6. The van der Waals surface area contributed by atoms with Gasteiger partial charge >= 0.3 is 36.0 Å². The number of halogens is 3. The molecule has 101 heavy (non-hydrogen) atoms. The van der Waals surface area contributed by atoms with Crippen LogP contribution in [0.1, 0.15) is 252 Å². The Morgan fingerprint density at radius 1 is 0.584 bits per heavy atom. The third-order valence-electron chi connectivity index (χ3n) is 21.6. The van der Waals surface area contributed by atoms with Gasteiger partial charge in [-0.15, -0.1) is 0 Å². The number of aromatic hydroxyl groups is 1. The normalized spacial score (nSPS) is 21.0. The minimum Gasteiger partial charge on any atom is -0.748 e. The SMILES string of the molecule is CCC(C)(C#CC(C)(CC)OC(=O)C(C)(C)CC)OC(=O)C(C)(C)CC.CCC(C)(C)C(=O)OC1(C)CCCC1.CCC(C)(C)C(=O)OC12CC3CC(C1)CC(C(=O)OC(CS(=O)(=O)[O-])C(F)(F)F)(C3)C2.CCC(C)c1ccc(O)cc1.c1ccc(-[s+]2c3ccccc3c3ccccc32)cc1. The topological polar surface area (TPSA) is 209 Å². The van der Waals surface area contributed by atoms with Crippen molar-refractivity contribution < 1.29 is 78.9 Å². The van der Waals surface area contributed by atoms with Crippen LogP contribution < -0.4 is 0 Å². The molecule has 5 aliphatic rings. The number of rotatable bonds is 21. The number of fused-ring (bicyclic) bond motifs is 3. The van der Waals surface area contributed by atoms with E-state index in [1.807, 2.05) is 95.2 Å². The molecule has 5 aromatic rings. The van der Waals surface area contributed by atoms with Gasteiger partial charge in [0.2, 0.25) is 6.10 Å². The molecule has 0 radical (unpaired) electrons. The average molecular weight is 1450 g/mol. The molecule has 0 spiro atoms. The highest BCUT2D eigenvalue weighted by molar-refractivity contribution is 7.85. The van der Waals surface area contributed by atoms with Crippen LogP contribution in [0.2, 0.25) is 0 Å². The molecule has 0 saturated heterocycles. The minimum absolute atomic E-state index is 0.00100. The summed E-state index contributed by atoms with van der Waals surface area (Å²) in [6.07, 6.45) is 3.76. The van der Waals surface area contributed by atoms with E-state index < -0.39 is 78.6 Å². The predicted octanol–water partition coefficient (Wildman–Crippen LogP) is 20.5. The molecule has 4 aromatic carbocycles. The summed E-state index contributed by atoms with van der Waals surface area (Å²) in [6.45, 7) is 36.5. The fourth-order valence-corrected chi connectivity index (χ4v) is 15.7. The molecule has 14 nitrogen and oxygen atoms in total. The Morgan fingerprint density at radius 2 is 0.990 bits per heavy atom. The monoisotopic (exact) mass is 1440 g/mol. The van der Waals surface area contributed by atoms with Crippen molar-refractivity contribution in [2.45, 2.75) is 281 Å². The predicted molar refractivity (Wildman–Crippen MR) is 395 cm³/mol. The number of alkyl halides is 3. The van der Waals surface area contributed by atoms with E-state index >= 15 is 0 Å². The number of carbonyl (C=O) groups is 5. The first-order chi connectivity index (χ1) is 46.8. The maximum Gasteiger partial charge on any atom is 0.426 e. The summed E-state index contributed by atoms with van der Waals surface area (Å²) in [4.78, 5) is 63.8.